The Labute approximate surface area is 200 Å². The minimum absolute atomic E-state index is 0.0326. The largest absolute Gasteiger partial charge is 0.367 e. The molecule has 2 aromatic heterocycles. The molecular weight excluding hydrogens is 422 g/mol. The van der Waals surface area contributed by atoms with Crippen LogP contribution in [0.3, 0.4) is 0 Å². The third-order valence-electron chi connectivity index (χ3n) is 6.78. The van der Waals surface area contributed by atoms with Gasteiger partial charge >= 0.3 is 0 Å². The molecule has 6 heteroatoms. The molecule has 0 atom stereocenters. The van der Waals surface area contributed by atoms with E-state index < -0.39 is 0 Å². The van der Waals surface area contributed by atoms with E-state index in [1.165, 1.54) is 16.8 Å². The number of imidazole rings is 1. The number of hydrogen-bond donors (Lipinski definition) is 1. The van der Waals surface area contributed by atoms with Crippen molar-refractivity contribution in [2.75, 3.05) is 31.1 Å². The van der Waals surface area contributed by atoms with Gasteiger partial charge in [0, 0.05) is 57.6 Å². The Morgan fingerprint density at radius 1 is 0.941 bits per heavy atom. The number of pyridine rings is 1. The standard InChI is InChI=1S/C28H33N5O/c1-28(2,3)22-11-9-21(10-12-22)27-29-23-6-5-7-24(26(23)30-27)33-16-14-32(15-17-33)19-20-8-13-25(34)31(4)18-20/h5-13,18H,14-17,19H2,1-4H3,(H,29,30). The number of nitrogens with zero attached hydrogens (tertiary/aromatic N) is 4. The maximum absolute atomic E-state index is 11.7. The van der Waals surface area contributed by atoms with Crippen LogP contribution in [0.15, 0.2) is 65.6 Å². The van der Waals surface area contributed by atoms with E-state index in [0.717, 1.165) is 55.1 Å². The number of hydrogen-bond acceptors (Lipinski definition) is 4. The minimum atomic E-state index is 0.0326. The lowest BCUT2D eigenvalue weighted by molar-refractivity contribution is 0.249. The summed E-state index contributed by atoms with van der Waals surface area (Å²) in [5.41, 5.74) is 7.06. The predicted molar refractivity (Wildman–Crippen MR) is 139 cm³/mol. The number of aryl methyl sites for hydroxylation is 1. The molecule has 0 radical (unpaired) electrons. The van der Waals surface area contributed by atoms with E-state index >= 15 is 0 Å². The van der Waals surface area contributed by atoms with E-state index in [4.69, 9.17) is 4.98 Å². The smallest absolute Gasteiger partial charge is 0.250 e. The van der Waals surface area contributed by atoms with Crippen LogP contribution in [-0.2, 0) is 19.0 Å². The van der Waals surface area contributed by atoms with Crippen molar-refractivity contribution in [3.8, 4) is 11.4 Å². The lowest BCUT2D eigenvalue weighted by Gasteiger charge is -2.36. The van der Waals surface area contributed by atoms with Gasteiger partial charge in [0.15, 0.2) is 0 Å². The van der Waals surface area contributed by atoms with E-state index in [1.54, 1.807) is 10.6 Å². The van der Waals surface area contributed by atoms with Crippen LogP contribution in [-0.4, -0.2) is 45.6 Å². The molecule has 0 aliphatic carbocycles. The summed E-state index contributed by atoms with van der Waals surface area (Å²) in [4.78, 5) is 25.1. The summed E-state index contributed by atoms with van der Waals surface area (Å²) in [6, 6.07) is 18.7. The Morgan fingerprint density at radius 2 is 1.68 bits per heavy atom. The first-order valence-corrected chi connectivity index (χ1v) is 12.0. The summed E-state index contributed by atoms with van der Waals surface area (Å²) in [5, 5.41) is 0. The van der Waals surface area contributed by atoms with Crippen LogP contribution in [0.1, 0.15) is 31.9 Å². The van der Waals surface area contributed by atoms with Gasteiger partial charge in [-0.05, 0) is 28.7 Å². The van der Waals surface area contributed by atoms with Gasteiger partial charge in [-0.3, -0.25) is 9.69 Å². The second kappa shape index (κ2) is 8.76. The molecule has 0 amide bonds. The van der Waals surface area contributed by atoms with Crippen LogP contribution in [0.4, 0.5) is 5.69 Å². The Balaban J connectivity index is 1.32. The number of piperazine rings is 1. The first kappa shape index (κ1) is 22.4. The van der Waals surface area contributed by atoms with Crippen molar-refractivity contribution in [1.82, 2.24) is 19.4 Å². The van der Waals surface area contributed by atoms with Gasteiger partial charge in [-0.25, -0.2) is 4.98 Å². The fourth-order valence-electron chi connectivity index (χ4n) is 4.69. The summed E-state index contributed by atoms with van der Waals surface area (Å²) in [5.74, 6) is 0.913. The highest BCUT2D eigenvalue weighted by molar-refractivity contribution is 5.91. The average molecular weight is 456 g/mol. The highest BCUT2D eigenvalue weighted by atomic mass is 16.1. The first-order valence-electron chi connectivity index (χ1n) is 12.0. The number of para-hydroxylation sites is 1. The Morgan fingerprint density at radius 3 is 2.35 bits per heavy atom. The van der Waals surface area contributed by atoms with Crippen molar-refractivity contribution in [3.05, 3.63) is 82.3 Å². The molecule has 176 valence electrons. The zero-order chi connectivity index (χ0) is 23.9. The molecule has 1 aliphatic heterocycles. The molecule has 0 unspecified atom stereocenters. The molecule has 0 bridgehead atoms. The molecule has 1 aliphatic rings. The lowest BCUT2D eigenvalue weighted by Crippen LogP contribution is -2.46. The Hall–Kier alpha value is -3.38. The molecule has 1 saturated heterocycles. The fraction of sp³-hybridized carbons (Fsp3) is 0.357. The fourth-order valence-corrected chi connectivity index (χ4v) is 4.69. The van der Waals surface area contributed by atoms with Gasteiger partial charge in [0.05, 0.1) is 11.2 Å². The van der Waals surface area contributed by atoms with Gasteiger partial charge in [-0.15, -0.1) is 0 Å². The van der Waals surface area contributed by atoms with E-state index in [1.807, 2.05) is 19.3 Å². The first-order chi connectivity index (χ1) is 16.3. The summed E-state index contributed by atoms with van der Waals surface area (Å²) in [6.07, 6.45) is 1.94. The van der Waals surface area contributed by atoms with Gasteiger partial charge in [0.25, 0.3) is 0 Å². The summed E-state index contributed by atoms with van der Waals surface area (Å²) < 4.78 is 1.65. The van der Waals surface area contributed by atoms with E-state index in [-0.39, 0.29) is 11.0 Å². The predicted octanol–water partition coefficient (Wildman–Crippen LogP) is 4.55. The van der Waals surface area contributed by atoms with Crippen LogP contribution in [0, 0.1) is 0 Å². The van der Waals surface area contributed by atoms with Crippen molar-refractivity contribution in [2.24, 2.45) is 7.05 Å². The van der Waals surface area contributed by atoms with E-state index in [2.05, 4.69) is 78.0 Å². The molecule has 3 heterocycles. The van der Waals surface area contributed by atoms with Gasteiger partial charge in [-0.1, -0.05) is 57.2 Å². The zero-order valence-corrected chi connectivity index (χ0v) is 20.5. The maximum Gasteiger partial charge on any atom is 0.250 e. The van der Waals surface area contributed by atoms with Crippen LogP contribution < -0.4 is 10.5 Å². The average Bonchev–Trinajstić information content (AvgIpc) is 3.26. The normalized spacial score (nSPS) is 15.2. The SMILES string of the molecule is Cn1cc(CN2CCN(c3cccc4[nH]c(-c5ccc(C(C)(C)C)cc5)nc34)CC2)ccc1=O. The number of rotatable bonds is 4. The molecule has 5 rings (SSSR count). The second-order valence-corrected chi connectivity index (χ2v) is 10.3. The van der Waals surface area contributed by atoms with E-state index in [0.29, 0.717) is 0 Å². The van der Waals surface area contributed by atoms with Crippen molar-refractivity contribution in [2.45, 2.75) is 32.7 Å². The van der Waals surface area contributed by atoms with Crippen molar-refractivity contribution < 1.29 is 0 Å². The minimum Gasteiger partial charge on any atom is -0.367 e. The van der Waals surface area contributed by atoms with Gasteiger partial charge in [0.1, 0.15) is 11.3 Å². The molecule has 6 nitrogen and oxygen atoms in total. The van der Waals surface area contributed by atoms with E-state index in [9.17, 15) is 4.79 Å². The number of nitrogens with one attached hydrogen (secondary N) is 1. The number of fused-ring (bicyclic) bond motifs is 1. The quantitative estimate of drug-likeness (QED) is 0.491. The second-order valence-electron chi connectivity index (χ2n) is 10.3. The highest BCUT2D eigenvalue weighted by Gasteiger charge is 2.21. The number of aromatic nitrogens is 3. The summed E-state index contributed by atoms with van der Waals surface area (Å²) in [6.45, 7) is 11.4. The lowest BCUT2D eigenvalue weighted by atomic mass is 9.87. The van der Waals surface area contributed by atoms with Crippen LogP contribution in [0.2, 0.25) is 0 Å². The van der Waals surface area contributed by atoms with Crippen molar-refractivity contribution in [3.63, 3.8) is 0 Å². The summed E-state index contributed by atoms with van der Waals surface area (Å²) >= 11 is 0. The zero-order valence-electron chi connectivity index (χ0n) is 20.5. The molecule has 2 aromatic carbocycles. The molecular formula is C28H33N5O. The van der Waals surface area contributed by atoms with Gasteiger partial charge in [-0.2, -0.15) is 0 Å². The third-order valence-corrected chi connectivity index (χ3v) is 6.78. The number of aromatic amines is 1. The molecule has 0 spiro atoms. The maximum atomic E-state index is 11.7. The molecule has 34 heavy (non-hydrogen) atoms. The van der Waals surface area contributed by atoms with Crippen molar-refractivity contribution in [1.29, 1.82) is 0 Å². The molecule has 0 saturated carbocycles. The Kier molecular flexibility index (Phi) is 5.78. The summed E-state index contributed by atoms with van der Waals surface area (Å²) in [7, 11) is 1.81. The third kappa shape index (κ3) is 4.50. The van der Waals surface area contributed by atoms with Gasteiger partial charge < -0.3 is 14.5 Å². The monoisotopic (exact) mass is 455 g/mol. The topological polar surface area (TPSA) is 57.2 Å². The van der Waals surface area contributed by atoms with Crippen molar-refractivity contribution >= 4 is 16.7 Å². The van der Waals surface area contributed by atoms with Gasteiger partial charge in [0.2, 0.25) is 5.56 Å². The molecule has 4 aromatic rings. The van der Waals surface area contributed by atoms with Crippen LogP contribution in [0.5, 0.6) is 0 Å². The molecule has 1 N–H and O–H groups in total. The number of benzene rings is 2. The molecule has 1 fully saturated rings. The Bertz CT molecular complexity index is 1350. The highest BCUT2D eigenvalue weighted by Crippen LogP contribution is 2.30. The number of H-pyrrole nitrogens is 1. The van der Waals surface area contributed by atoms with Crippen LogP contribution in [0.25, 0.3) is 22.4 Å². The number of anilines is 1. The van der Waals surface area contributed by atoms with Crippen LogP contribution >= 0.6 is 0 Å².